The van der Waals surface area contributed by atoms with E-state index in [9.17, 15) is 5.11 Å². The molecule has 0 aliphatic heterocycles. The highest BCUT2D eigenvalue weighted by Crippen LogP contribution is 2.31. The van der Waals surface area contributed by atoms with Gasteiger partial charge in [-0.3, -0.25) is 4.68 Å². The molecule has 0 aliphatic rings. The smallest absolute Gasteiger partial charge is 0.125 e. The van der Waals surface area contributed by atoms with Gasteiger partial charge in [0.15, 0.2) is 0 Å². The zero-order chi connectivity index (χ0) is 13.8. The average Bonchev–Trinajstić information content (AvgIpc) is 2.80. The molecule has 0 radical (unpaired) electrons. The van der Waals surface area contributed by atoms with Crippen molar-refractivity contribution in [1.82, 2.24) is 9.78 Å². The molecule has 0 amide bonds. The summed E-state index contributed by atoms with van der Waals surface area (Å²) in [4.78, 5) is 0. The minimum Gasteiger partial charge on any atom is -0.493 e. The Morgan fingerprint density at radius 3 is 2.68 bits per heavy atom. The number of nitrogens with zero attached hydrogens (tertiary/aromatic N) is 2. The third kappa shape index (κ3) is 2.79. The molecule has 2 aromatic rings. The Labute approximate surface area is 113 Å². The highest BCUT2D eigenvalue weighted by molar-refractivity contribution is 5.41. The van der Waals surface area contributed by atoms with E-state index >= 15 is 0 Å². The molecule has 1 N–H and O–H groups in total. The minimum atomic E-state index is -0.702. The van der Waals surface area contributed by atoms with E-state index in [2.05, 4.69) is 5.10 Å². The predicted molar refractivity (Wildman–Crippen MR) is 74.3 cm³/mol. The van der Waals surface area contributed by atoms with Crippen molar-refractivity contribution in [2.45, 2.75) is 26.4 Å². The monoisotopic (exact) mass is 260 g/mol. The first-order chi connectivity index (χ1) is 9.17. The van der Waals surface area contributed by atoms with E-state index < -0.39 is 6.10 Å². The number of aromatic nitrogens is 2. The Morgan fingerprint density at radius 2 is 2.00 bits per heavy atom. The van der Waals surface area contributed by atoms with Crippen LogP contribution in [0, 0.1) is 0 Å². The van der Waals surface area contributed by atoms with E-state index in [0.29, 0.717) is 6.61 Å². The lowest BCUT2D eigenvalue weighted by molar-refractivity contribution is 0.211. The van der Waals surface area contributed by atoms with Gasteiger partial charge in [-0.05, 0) is 19.4 Å². The van der Waals surface area contributed by atoms with Crippen LogP contribution >= 0.6 is 0 Å². The van der Waals surface area contributed by atoms with E-state index in [4.69, 9.17) is 4.74 Å². The standard InChI is InChI=1S/C15H20N2O2/c1-4-13-12(10-17(3)16-13)15(18)11-8-6-7-9-14(11)19-5-2/h6-10,15,18H,4-5H2,1-3H3. The summed E-state index contributed by atoms with van der Waals surface area (Å²) in [5, 5.41) is 15.0. The second kappa shape index (κ2) is 5.89. The Morgan fingerprint density at radius 1 is 1.26 bits per heavy atom. The third-order valence-electron chi connectivity index (χ3n) is 3.08. The van der Waals surface area contributed by atoms with Crippen LogP contribution in [0.5, 0.6) is 5.75 Å². The fourth-order valence-electron chi connectivity index (χ4n) is 2.22. The molecular weight excluding hydrogens is 240 g/mol. The van der Waals surface area contributed by atoms with Crippen molar-refractivity contribution in [2.75, 3.05) is 6.61 Å². The summed E-state index contributed by atoms with van der Waals surface area (Å²) >= 11 is 0. The van der Waals surface area contributed by atoms with E-state index in [1.165, 1.54) is 0 Å². The van der Waals surface area contributed by atoms with Gasteiger partial charge in [-0.25, -0.2) is 0 Å². The number of rotatable bonds is 5. The molecule has 0 spiro atoms. The van der Waals surface area contributed by atoms with Crippen LogP contribution in [0.3, 0.4) is 0 Å². The molecule has 1 heterocycles. The lowest BCUT2D eigenvalue weighted by atomic mass is 10.0. The molecule has 1 atom stereocenters. The van der Waals surface area contributed by atoms with Crippen molar-refractivity contribution in [3.63, 3.8) is 0 Å². The van der Waals surface area contributed by atoms with Crippen molar-refractivity contribution in [3.8, 4) is 5.75 Å². The molecule has 1 aromatic carbocycles. The number of aryl methyl sites for hydroxylation is 2. The van der Waals surface area contributed by atoms with Gasteiger partial charge >= 0.3 is 0 Å². The van der Waals surface area contributed by atoms with Crippen LogP contribution in [-0.4, -0.2) is 21.5 Å². The van der Waals surface area contributed by atoms with Gasteiger partial charge in [-0.2, -0.15) is 5.10 Å². The van der Waals surface area contributed by atoms with Gasteiger partial charge in [0.05, 0.1) is 12.3 Å². The number of aliphatic hydroxyl groups is 1. The SMILES string of the molecule is CCOc1ccccc1C(O)c1cn(C)nc1CC. The summed E-state index contributed by atoms with van der Waals surface area (Å²) in [6.45, 7) is 4.55. The Hall–Kier alpha value is -1.81. The van der Waals surface area contributed by atoms with Crippen LogP contribution in [0.15, 0.2) is 30.5 Å². The number of hydrogen-bond donors (Lipinski definition) is 1. The summed E-state index contributed by atoms with van der Waals surface area (Å²) in [5.74, 6) is 0.725. The Bertz CT molecular complexity index is 549. The maximum absolute atomic E-state index is 10.6. The number of hydrogen-bond acceptors (Lipinski definition) is 3. The number of aliphatic hydroxyl groups excluding tert-OH is 1. The maximum Gasteiger partial charge on any atom is 0.125 e. The molecule has 4 nitrogen and oxygen atoms in total. The van der Waals surface area contributed by atoms with Gasteiger partial charge < -0.3 is 9.84 Å². The highest BCUT2D eigenvalue weighted by Gasteiger charge is 2.20. The molecule has 0 bridgehead atoms. The topological polar surface area (TPSA) is 47.3 Å². The van der Waals surface area contributed by atoms with Crippen LogP contribution in [0.2, 0.25) is 0 Å². The first kappa shape index (κ1) is 13.6. The predicted octanol–water partition coefficient (Wildman–Crippen LogP) is 2.46. The van der Waals surface area contributed by atoms with Gasteiger partial charge in [0, 0.05) is 24.4 Å². The zero-order valence-electron chi connectivity index (χ0n) is 11.6. The largest absolute Gasteiger partial charge is 0.493 e. The first-order valence-corrected chi connectivity index (χ1v) is 6.59. The fourth-order valence-corrected chi connectivity index (χ4v) is 2.22. The van der Waals surface area contributed by atoms with Crippen LogP contribution in [-0.2, 0) is 13.5 Å². The van der Waals surface area contributed by atoms with Crippen LogP contribution in [0.4, 0.5) is 0 Å². The lowest BCUT2D eigenvalue weighted by Gasteiger charge is -2.15. The molecule has 2 rings (SSSR count). The van der Waals surface area contributed by atoms with Crippen molar-refractivity contribution in [1.29, 1.82) is 0 Å². The average molecular weight is 260 g/mol. The molecule has 0 saturated heterocycles. The van der Waals surface area contributed by atoms with Gasteiger partial charge in [-0.1, -0.05) is 25.1 Å². The Balaban J connectivity index is 2.40. The van der Waals surface area contributed by atoms with Gasteiger partial charge in [0.1, 0.15) is 11.9 Å². The van der Waals surface area contributed by atoms with Crippen LogP contribution in [0.25, 0.3) is 0 Å². The van der Waals surface area contributed by atoms with Crippen LogP contribution in [0.1, 0.15) is 36.8 Å². The molecule has 0 aliphatic carbocycles. The maximum atomic E-state index is 10.6. The minimum absolute atomic E-state index is 0.581. The summed E-state index contributed by atoms with van der Waals surface area (Å²) < 4.78 is 7.31. The normalized spacial score (nSPS) is 12.4. The number of ether oxygens (including phenoxy) is 1. The van der Waals surface area contributed by atoms with E-state index in [-0.39, 0.29) is 0 Å². The quantitative estimate of drug-likeness (QED) is 0.898. The number of benzene rings is 1. The zero-order valence-corrected chi connectivity index (χ0v) is 11.6. The summed E-state index contributed by atoms with van der Waals surface area (Å²) in [6, 6.07) is 7.58. The second-order valence-electron chi connectivity index (χ2n) is 4.43. The van der Waals surface area contributed by atoms with Gasteiger partial charge in [0.25, 0.3) is 0 Å². The molecule has 19 heavy (non-hydrogen) atoms. The van der Waals surface area contributed by atoms with Crippen molar-refractivity contribution < 1.29 is 9.84 Å². The fraction of sp³-hybridized carbons (Fsp3) is 0.400. The van der Waals surface area contributed by atoms with E-state index in [1.807, 2.05) is 51.4 Å². The summed E-state index contributed by atoms with van der Waals surface area (Å²) in [7, 11) is 1.86. The van der Waals surface area contributed by atoms with Gasteiger partial charge in [0.2, 0.25) is 0 Å². The summed E-state index contributed by atoms with van der Waals surface area (Å²) in [5.41, 5.74) is 2.55. The van der Waals surface area contributed by atoms with E-state index in [1.54, 1.807) is 4.68 Å². The molecule has 0 saturated carbocycles. The molecule has 0 fully saturated rings. The van der Waals surface area contributed by atoms with Crippen molar-refractivity contribution in [3.05, 3.63) is 47.3 Å². The molecule has 1 unspecified atom stereocenters. The number of para-hydroxylation sites is 1. The summed E-state index contributed by atoms with van der Waals surface area (Å²) in [6.07, 6.45) is 1.96. The first-order valence-electron chi connectivity index (χ1n) is 6.59. The van der Waals surface area contributed by atoms with Crippen molar-refractivity contribution >= 4 is 0 Å². The molecule has 4 heteroatoms. The second-order valence-corrected chi connectivity index (χ2v) is 4.43. The Kier molecular flexibility index (Phi) is 4.22. The lowest BCUT2D eigenvalue weighted by Crippen LogP contribution is -2.05. The molecular formula is C15H20N2O2. The van der Waals surface area contributed by atoms with Crippen LogP contribution < -0.4 is 4.74 Å². The third-order valence-corrected chi connectivity index (χ3v) is 3.08. The van der Waals surface area contributed by atoms with Gasteiger partial charge in [-0.15, -0.1) is 0 Å². The van der Waals surface area contributed by atoms with E-state index in [0.717, 1.165) is 29.0 Å². The highest BCUT2D eigenvalue weighted by atomic mass is 16.5. The van der Waals surface area contributed by atoms with Crippen molar-refractivity contribution in [2.24, 2.45) is 7.05 Å². The molecule has 1 aromatic heterocycles. The molecule has 102 valence electrons.